The summed E-state index contributed by atoms with van der Waals surface area (Å²) in [5, 5.41) is 356. The summed E-state index contributed by atoms with van der Waals surface area (Å²) in [5.74, 6) is -11.6. The van der Waals surface area contributed by atoms with Crippen molar-refractivity contribution in [1.29, 1.82) is 0 Å². The Balaban J connectivity index is 1.00. The van der Waals surface area contributed by atoms with Gasteiger partial charge in [-0.2, -0.15) is 0 Å². The number of amides is 6. The highest BCUT2D eigenvalue weighted by Gasteiger charge is 2.65. The number of ether oxygens (including phenoxy) is 21. The van der Waals surface area contributed by atoms with Crippen LogP contribution in [0.25, 0.3) is 0 Å². The first-order chi connectivity index (χ1) is 68.4. The third-order valence-electron chi connectivity index (χ3n) is 26.3. The van der Waals surface area contributed by atoms with Crippen LogP contribution in [0.4, 0.5) is 0 Å². The van der Waals surface area contributed by atoms with E-state index in [0.717, 1.165) is 41.5 Å². The second kappa shape index (κ2) is 51.8. The van der Waals surface area contributed by atoms with E-state index in [1.165, 1.54) is 6.92 Å². The molecule has 836 valence electrons. The number of carboxylic acids is 1. The highest BCUT2D eigenvalue weighted by molar-refractivity contribution is 5.77. The largest absolute Gasteiger partial charge is 0.477 e. The van der Waals surface area contributed by atoms with Crippen molar-refractivity contribution in [1.82, 2.24) is 31.9 Å². The van der Waals surface area contributed by atoms with Crippen molar-refractivity contribution in [2.24, 2.45) is 0 Å². The van der Waals surface area contributed by atoms with E-state index in [9.17, 15) is 187 Å². The van der Waals surface area contributed by atoms with Gasteiger partial charge in [-0.15, -0.1) is 0 Å². The Bertz CT molecular complexity index is 4150. The summed E-state index contributed by atoms with van der Waals surface area (Å²) in [7, 11) is 0. The molecule has 64 nitrogen and oxygen atoms in total. The number of aliphatic hydroxyl groups is 29. The summed E-state index contributed by atoms with van der Waals surface area (Å²) in [6.07, 6.45) is -112. The fourth-order valence-corrected chi connectivity index (χ4v) is 18.8. The molecule has 11 aliphatic heterocycles. The van der Waals surface area contributed by atoms with E-state index in [1.54, 1.807) is 0 Å². The predicted molar refractivity (Wildman–Crippen MR) is 448 cm³/mol. The van der Waals surface area contributed by atoms with E-state index in [0.29, 0.717) is 0 Å². The smallest absolute Gasteiger partial charge is 0.364 e. The Labute approximate surface area is 821 Å². The van der Waals surface area contributed by atoms with Crippen LogP contribution in [0.5, 0.6) is 0 Å². The molecule has 145 heavy (non-hydrogen) atoms. The van der Waals surface area contributed by atoms with Crippen LogP contribution in [0.3, 0.4) is 0 Å². The Morgan fingerprint density at radius 3 is 1.04 bits per heavy atom. The van der Waals surface area contributed by atoms with E-state index in [4.69, 9.17) is 99.5 Å². The van der Waals surface area contributed by atoms with E-state index >= 15 is 0 Å². The molecule has 0 radical (unpaired) electrons. The topological polar surface area (TPSA) is 992 Å². The molecule has 64 heteroatoms. The molecule has 0 spiro atoms. The molecule has 11 heterocycles. The number of rotatable bonds is 39. The fourth-order valence-electron chi connectivity index (χ4n) is 18.8. The van der Waals surface area contributed by atoms with Gasteiger partial charge in [0.15, 0.2) is 62.9 Å². The Morgan fingerprint density at radius 1 is 0.297 bits per heavy atom. The van der Waals surface area contributed by atoms with Crippen molar-refractivity contribution in [3.63, 3.8) is 0 Å². The molecule has 56 atom stereocenters. The summed E-state index contributed by atoms with van der Waals surface area (Å²) < 4.78 is 128. The Morgan fingerprint density at radius 2 is 0.614 bits per heavy atom. The first-order valence-electron chi connectivity index (χ1n) is 46.1. The zero-order valence-electron chi connectivity index (χ0n) is 78.4. The lowest BCUT2D eigenvalue weighted by Gasteiger charge is -2.52. The van der Waals surface area contributed by atoms with Crippen molar-refractivity contribution in [2.45, 2.75) is 398 Å². The lowest BCUT2D eigenvalue weighted by molar-refractivity contribution is -0.409. The van der Waals surface area contributed by atoms with Crippen LogP contribution in [0, 0.1) is 0 Å². The third kappa shape index (κ3) is 26.9. The molecule has 11 fully saturated rings. The normalized spacial score (nSPS) is 47.2. The molecule has 11 saturated heterocycles. The van der Waals surface area contributed by atoms with Crippen molar-refractivity contribution < 1.29 is 286 Å². The summed E-state index contributed by atoms with van der Waals surface area (Å²) in [4.78, 5) is 91.5. The van der Waals surface area contributed by atoms with Gasteiger partial charge < -0.3 is 285 Å². The van der Waals surface area contributed by atoms with Crippen LogP contribution in [0.1, 0.15) is 54.9 Å². The molecule has 0 aromatic carbocycles. The first kappa shape index (κ1) is 120. The molecular formula is C81H134N6O58. The van der Waals surface area contributed by atoms with Gasteiger partial charge in [0, 0.05) is 48.0 Å². The number of carboxylic acid groups (broad SMARTS) is 1. The summed E-state index contributed by atoms with van der Waals surface area (Å²) in [5.41, 5.74) is 0. The Kier molecular flexibility index (Phi) is 42.7. The molecule has 0 aromatic rings. The minimum absolute atomic E-state index is 0.820. The van der Waals surface area contributed by atoms with Crippen LogP contribution in [0.2, 0.25) is 0 Å². The number of hydrogen-bond acceptors (Lipinski definition) is 57. The molecule has 0 aromatic heterocycles. The highest BCUT2D eigenvalue weighted by Crippen LogP contribution is 2.44. The number of carbonyl (C=O) groups excluding carboxylic acids is 6. The molecular weight excluding hydrogens is 1980 g/mol. The van der Waals surface area contributed by atoms with Crippen LogP contribution in [0.15, 0.2) is 0 Å². The third-order valence-corrected chi connectivity index (χ3v) is 26.3. The van der Waals surface area contributed by atoms with Gasteiger partial charge in [0.1, 0.15) is 256 Å². The number of carbonyl (C=O) groups is 7. The SMILES string of the molecule is CC(=O)N[C@@H]1[C@@H](O)[C@H](O[C@@H]2O[C@H](CO)[C@@H](O[C@@H]3O[C@H](CO[C@H]4O[C@H](CO)[C@@H](O)[C@H](O)[C@@H]4O[C@@H]4O[C@H](CO)[C@@H](O)[C@H](O)[C@H]4NC(C)=O)[C@@H](O[C@@H]4O[C@H](CO)[C@@H](O)[C@H](O)[C@H]4NC(C)=O)[C@H](O[C@H]4O[C@H](CO)[C@@H](O)[C@H](O)[C@@H]4O[C@@H]4O[C@H](CO)[C@@H](O[C@@H]5O[C@H](CO)[C@H](O)[C@H](O[C@]6(C(=O)O)C[C@H](O)[C@@H](NC(C)=O)[C@H]([C@H](O)[C@H](O)CO)O6)[C@H]5O)[C@H](O)[C@H]4NC(C)=O)[C@@H]3O)[C@H](O)[C@H]2NC(C)=O)[C@@H](CO[C@@H]2O[C@@H](C)[C@@H](O)[C@@H](O)[C@@H]2O)O[C@H]1O. The number of nitrogens with one attached hydrogen (secondary N) is 6. The molecule has 6 amide bonds. The molecule has 11 rings (SSSR count). The van der Waals surface area contributed by atoms with Gasteiger partial charge in [0.2, 0.25) is 35.4 Å². The zero-order valence-corrected chi connectivity index (χ0v) is 78.4. The molecule has 11 aliphatic rings. The minimum atomic E-state index is -3.37. The van der Waals surface area contributed by atoms with E-state index in [2.05, 4.69) is 31.9 Å². The molecule has 0 unspecified atom stereocenters. The van der Waals surface area contributed by atoms with Crippen LogP contribution in [-0.2, 0) is 133 Å². The van der Waals surface area contributed by atoms with Crippen molar-refractivity contribution in [3.05, 3.63) is 0 Å². The van der Waals surface area contributed by atoms with Gasteiger partial charge >= 0.3 is 5.97 Å². The maximum absolute atomic E-state index is 13.6. The van der Waals surface area contributed by atoms with Gasteiger partial charge in [0.25, 0.3) is 5.79 Å². The van der Waals surface area contributed by atoms with Gasteiger partial charge in [-0.1, -0.05) is 0 Å². The summed E-state index contributed by atoms with van der Waals surface area (Å²) >= 11 is 0. The lowest BCUT2D eigenvalue weighted by Crippen LogP contribution is -2.72. The van der Waals surface area contributed by atoms with Crippen LogP contribution in [-0.4, -0.2) is 604 Å². The average Bonchev–Trinajstić information content (AvgIpc) is 0.749. The second-order valence-electron chi connectivity index (χ2n) is 36.7. The summed E-state index contributed by atoms with van der Waals surface area (Å²) in [6, 6.07) is -12.0. The maximum atomic E-state index is 13.6. The number of aliphatic carboxylic acids is 1. The molecule has 0 bridgehead atoms. The van der Waals surface area contributed by atoms with Crippen LogP contribution < -0.4 is 31.9 Å². The number of aliphatic hydroxyl groups excluding tert-OH is 29. The van der Waals surface area contributed by atoms with Crippen molar-refractivity contribution in [2.75, 3.05) is 66.1 Å². The van der Waals surface area contributed by atoms with E-state index in [-0.39, 0.29) is 0 Å². The van der Waals surface area contributed by atoms with Gasteiger partial charge in [0.05, 0.1) is 84.3 Å². The van der Waals surface area contributed by atoms with E-state index < -0.39 is 457 Å². The lowest BCUT2D eigenvalue weighted by atomic mass is 9.88. The zero-order chi connectivity index (χ0) is 107. The quantitative estimate of drug-likeness (QED) is 0.0272. The minimum Gasteiger partial charge on any atom is -0.477 e. The standard InChI is InChI=1S/C81H134N6O58/c1-19-43(104)55(116)58(119)75(127-19)125-17-35-63(52(113)38(70(122)128-35)83-21(3)97)137-73-41(86-24(6)100)53(114)62(33(15-94)134-73)139-77-60(121)67(64(140-71-39(84-22(4)98)50(111)45(106)28(10-89)129-71)36(136-77)18-126-78-68(56(117)47(108)30(12-91)132-78)142-72-40(85-23(5)99)51(112)46(107)29(11-90)130-72)141-79-69(57(118)48(109)31(13-92)133-79)143-74-42(87-25(7)101)54(115)61(34(16-95)135-74)138-76-59(120)66(49(110)32(14-93)131-76)145-81(80(123)124)8-26(102)37(82-20(2)96)65(144-81)44(105)27(103)9-88/h19,26-79,88-95,102-122H,8-18H2,1-7H3,(H,82,96)(H,83,97)(H,84,98)(H,85,99)(H,86,100)(H,87,101)(H,123,124)/t19-,26-,27+,28+,29+,30+,31+,32+,33+,34+,35+,36+,37+,38+,39+,40+,41+,42+,43+,44+,45+,46+,47+,48+,49-,50+,51+,52+,53+,54+,55+,56-,57-,58-,59+,60-,61+,62+,63+,64+,65+,66-,67+,68-,69-,70+,71-,72-,73-,74-,75+,76-,77-,78-,79+,81-/m0/s1. The van der Waals surface area contributed by atoms with Gasteiger partial charge in [-0.3, -0.25) is 28.8 Å². The highest BCUT2D eigenvalue weighted by atomic mass is 16.8. The van der Waals surface area contributed by atoms with E-state index in [1.807, 2.05) is 0 Å². The van der Waals surface area contributed by atoms with Crippen molar-refractivity contribution in [3.8, 4) is 0 Å². The number of hydrogen-bond donors (Lipinski definition) is 36. The molecule has 36 N–H and O–H groups in total. The van der Waals surface area contributed by atoms with Gasteiger partial charge in [-0.05, 0) is 6.92 Å². The maximum Gasteiger partial charge on any atom is 0.364 e. The van der Waals surface area contributed by atoms with Gasteiger partial charge in [-0.25, -0.2) is 4.79 Å². The summed E-state index contributed by atoms with van der Waals surface area (Å²) in [6.45, 7) is -5.81. The monoisotopic (exact) mass is 2120 g/mol. The Hall–Kier alpha value is -5.71. The predicted octanol–water partition coefficient (Wildman–Crippen LogP) is -23.9. The van der Waals surface area contributed by atoms with Crippen molar-refractivity contribution >= 4 is 41.4 Å². The molecule has 0 saturated carbocycles. The second-order valence-corrected chi connectivity index (χ2v) is 36.7. The fraction of sp³-hybridized carbons (Fsp3) is 0.914. The van der Waals surface area contributed by atoms with Crippen LogP contribution >= 0.6 is 0 Å². The molecule has 0 aliphatic carbocycles. The first-order valence-corrected chi connectivity index (χ1v) is 46.1. The average molecular weight is 2120 g/mol.